The Bertz CT molecular complexity index is 1880. The van der Waals surface area contributed by atoms with E-state index in [1.165, 1.54) is 40.1 Å². The molecule has 2 aliphatic carbocycles. The number of rotatable bonds is 5. The largest absolute Gasteiger partial charge is 0.334 e. The molecule has 0 fully saturated rings. The number of hydrogen-bond donors (Lipinski definition) is 0. The molecule has 5 aromatic rings. The summed E-state index contributed by atoms with van der Waals surface area (Å²) in [4.78, 5) is 12.6. The van der Waals surface area contributed by atoms with E-state index in [9.17, 15) is 0 Å². The van der Waals surface area contributed by atoms with Crippen LogP contribution >= 0.6 is 0 Å². The second kappa shape index (κ2) is 11.0. The van der Waals surface area contributed by atoms with Crippen LogP contribution in [0.15, 0.2) is 140 Å². The summed E-state index contributed by atoms with van der Waals surface area (Å²) < 4.78 is 0. The van der Waals surface area contributed by atoms with Crippen LogP contribution in [-0.4, -0.2) is 16.0 Å². The highest BCUT2D eigenvalue weighted by molar-refractivity contribution is 5.79. The van der Waals surface area contributed by atoms with E-state index in [1.807, 2.05) is 18.2 Å². The van der Waals surface area contributed by atoms with E-state index in [4.69, 9.17) is 9.97 Å². The van der Waals surface area contributed by atoms with E-state index < -0.39 is 0 Å². The summed E-state index contributed by atoms with van der Waals surface area (Å²) in [5, 5.41) is 0. The SMILES string of the molecule is C1=CCCC(c2cc(-c3cccc(-c4ccc(N5c6ccccc6C6CCC=CC65)cc4)c3)nc(-c3ccccc3)n2)=C1. The van der Waals surface area contributed by atoms with Crippen molar-refractivity contribution in [2.24, 2.45) is 0 Å². The normalized spacial score (nSPS) is 18.7. The molecule has 2 heterocycles. The molecule has 0 saturated heterocycles. The van der Waals surface area contributed by atoms with E-state index in [-0.39, 0.29) is 0 Å². The number of aromatic nitrogens is 2. The number of para-hydroxylation sites is 1. The van der Waals surface area contributed by atoms with Gasteiger partial charge in [-0.3, -0.25) is 0 Å². The Kier molecular flexibility index (Phi) is 6.57. The van der Waals surface area contributed by atoms with Gasteiger partial charge < -0.3 is 4.90 Å². The molecule has 0 saturated carbocycles. The minimum absolute atomic E-state index is 0.390. The predicted octanol–water partition coefficient (Wildman–Crippen LogP) is 10.2. The molecule has 3 nitrogen and oxygen atoms in total. The number of allylic oxidation sites excluding steroid dienone is 5. The Morgan fingerprint density at radius 3 is 2.28 bits per heavy atom. The van der Waals surface area contributed by atoms with Gasteiger partial charge in [0.05, 0.1) is 17.4 Å². The van der Waals surface area contributed by atoms with E-state index in [2.05, 4.69) is 126 Å². The molecule has 3 aliphatic rings. The lowest BCUT2D eigenvalue weighted by atomic mass is 9.86. The summed E-state index contributed by atoms with van der Waals surface area (Å²) in [6, 6.07) is 39.6. The molecule has 2 atom stereocenters. The number of fused-ring (bicyclic) bond motifs is 3. The summed E-state index contributed by atoms with van der Waals surface area (Å²) >= 11 is 0. The van der Waals surface area contributed by atoms with Crippen molar-refractivity contribution in [2.45, 2.75) is 37.6 Å². The van der Waals surface area contributed by atoms with Gasteiger partial charge in [-0.05, 0) is 78.3 Å². The first kappa shape index (κ1) is 25.7. The Morgan fingerprint density at radius 2 is 1.42 bits per heavy atom. The van der Waals surface area contributed by atoms with Gasteiger partial charge in [0.1, 0.15) is 0 Å². The Hall–Kier alpha value is -5.02. The van der Waals surface area contributed by atoms with Gasteiger partial charge in [-0.25, -0.2) is 9.97 Å². The van der Waals surface area contributed by atoms with Gasteiger partial charge >= 0.3 is 0 Å². The summed E-state index contributed by atoms with van der Waals surface area (Å²) in [5.74, 6) is 1.33. The van der Waals surface area contributed by atoms with Gasteiger partial charge in [0, 0.05) is 28.4 Å². The first-order valence-electron chi connectivity index (χ1n) is 15.4. The lowest BCUT2D eigenvalue weighted by Gasteiger charge is -2.30. The topological polar surface area (TPSA) is 29.0 Å². The van der Waals surface area contributed by atoms with Crippen LogP contribution in [0.5, 0.6) is 0 Å². The van der Waals surface area contributed by atoms with E-state index in [0.29, 0.717) is 12.0 Å². The molecule has 0 bridgehead atoms. The van der Waals surface area contributed by atoms with Gasteiger partial charge in [-0.15, -0.1) is 0 Å². The van der Waals surface area contributed by atoms with Crippen LogP contribution in [0.25, 0.3) is 39.3 Å². The molecular formula is C40H33N3. The van der Waals surface area contributed by atoms with Crippen molar-refractivity contribution < 1.29 is 0 Å². The Morgan fingerprint density at radius 1 is 0.628 bits per heavy atom. The molecule has 1 aromatic heterocycles. The lowest BCUT2D eigenvalue weighted by molar-refractivity contribution is 0.573. The zero-order chi connectivity index (χ0) is 28.6. The average molecular weight is 556 g/mol. The quantitative estimate of drug-likeness (QED) is 0.202. The van der Waals surface area contributed by atoms with Crippen LogP contribution in [0.4, 0.5) is 11.4 Å². The fraction of sp³-hybridized carbons (Fsp3) is 0.150. The molecule has 2 unspecified atom stereocenters. The molecule has 43 heavy (non-hydrogen) atoms. The lowest BCUT2D eigenvalue weighted by Crippen LogP contribution is -2.29. The number of hydrogen-bond acceptors (Lipinski definition) is 3. The van der Waals surface area contributed by atoms with Crippen molar-refractivity contribution in [3.8, 4) is 33.8 Å². The van der Waals surface area contributed by atoms with E-state index in [1.54, 1.807) is 0 Å². The standard InChI is InChI=1S/C40H33N3/c1-3-12-29(13-4-1)36-27-37(42-40(41-36)30-14-5-2-6-15-30)32-17-11-16-31(26-32)28-22-24-33(25-23-28)43-38-20-9-7-18-34(38)35-19-8-10-21-39(35)43/h1-3,5-7,9-12,14-18,20-27,35,39H,4,8,13,19H2. The molecular weight excluding hydrogens is 522 g/mol. The minimum atomic E-state index is 0.390. The highest BCUT2D eigenvalue weighted by atomic mass is 15.2. The summed E-state index contributed by atoms with van der Waals surface area (Å²) in [7, 11) is 0. The number of benzene rings is 4. The average Bonchev–Trinajstić information content (AvgIpc) is 3.43. The third-order valence-electron chi connectivity index (χ3n) is 9.02. The maximum absolute atomic E-state index is 5.06. The molecule has 1 aliphatic heterocycles. The van der Waals surface area contributed by atoms with Crippen LogP contribution in [0.3, 0.4) is 0 Å². The molecule has 208 valence electrons. The monoisotopic (exact) mass is 555 g/mol. The van der Waals surface area contributed by atoms with Crippen molar-refractivity contribution in [3.63, 3.8) is 0 Å². The maximum Gasteiger partial charge on any atom is 0.160 e. The van der Waals surface area contributed by atoms with Gasteiger partial charge in [0.25, 0.3) is 0 Å². The predicted molar refractivity (Wildman–Crippen MR) is 178 cm³/mol. The maximum atomic E-state index is 5.06. The fourth-order valence-corrected chi connectivity index (χ4v) is 6.88. The Balaban J connectivity index is 1.15. The van der Waals surface area contributed by atoms with Gasteiger partial charge in [-0.2, -0.15) is 0 Å². The smallest absolute Gasteiger partial charge is 0.160 e. The van der Waals surface area contributed by atoms with Crippen LogP contribution < -0.4 is 4.90 Å². The van der Waals surface area contributed by atoms with Gasteiger partial charge in [0.2, 0.25) is 0 Å². The van der Waals surface area contributed by atoms with E-state index >= 15 is 0 Å². The van der Waals surface area contributed by atoms with Crippen molar-refractivity contribution in [1.29, 1.82) is 0 Å². The van der Waals surface area contributed by atoms with Crippen LogP contribution in [-0.2, 0) is 0 Å². The number of nitrogens with zero attached hydrogens (tertiary/aromatic N) is 3. The highest BCUT2D eigenvalue weighted by Crippen LogP contribution is 2.49. The zero-order valence-electron chi connectivity index (χ0n) is 24.1. The molecule has 0 amide bonds. The summed E-state index contributed by atoms with van der Waals surface area (Å²) in [6.07, 6.45) is 15.7. The Labute approximate surface area is 253 Å². The molecule has 0 spiro atoms. The highest BCUT2D eigenvalue weighted by Gasteiger charge is 2.38. The minimum Gasteiger partial charge on any atom is -0.334 e. The zero-order valence-corrected chi connectivity index (χ0v) is 24.1. The summed E-state index contributed by atoms with van der Waals surface area (Å²) in [6.45, 7) is 0. The number of anilines is 2. The van der Waals surface area contributed by atoms with Crippen molar-refractivity contribution in [3.05, 3.63) is 151 Å². The van der Waals surface area contributed by atoms with Gasteiger partial charge in [-0.1, -0.05) is 109 Å². The van der Waals surface area contributed by atoms with Crippen LogP contribution in [0, 0.1) is 0 Å². The first-order chi connectivity index (χ1) is 21.3. The van der Waals surface area contributed by atoms with Crippen molar-refractivity contribution >= 4 is 16.9 Å². The van der Waals surface area contributed by atoms with Crippen LogP contribution in [0.1, 0.15) is 42.9 Å². The van der Waals surface area contributed by atoms with Crippen molar-refractivity contribution in [1.82, 2.24) is 9.97 Å². The second-order valence-electron chi connectivity index (χ2n) is 11.6. The van der Waals surface area contributed by atoms with Gasteiger partial charge in [0.15, 0.2) is 5.82 Å². The summed E-state index contributed by atoms with van der Waals surface area (Å²) in [5.41, 5.74) is 11.8. The molecule has 3 heteroatoms. The third-order valence-corrected chi connectivity index (χ3v) is 9.02. The van der Waals surface area contributed by atoms with Crippen molar-refractivity contribution in [2.75, 3.05) is 4.90 Å². The molecule has 8 rings (SSSR count). The fourth-order valence-electron chi connectivity index (χ4n) is 6.88. The molecule has 0 N–H and O–H groups in total. The van der Waals surface area contributed by atoms with Crippen LogP contribution in [0.2, 0.25) is 0 Å². The van der Waals surface area contributed by atoms with E-state index in [0.717, 1.165) is 47.6 Å². The third kappa shape index (κ3) is 4.81. The molecule has 0 radical (unpaired) electrons. The molecule has 4 aromatic carbocycles. The second-order valence-corrected chi connectivity index (χ2v) is 11.6. The first-order valence-corrected chi connectivity index (χ1v) is 15.4.